The zero-order valence-corrected chi connectivity index (χ0v) is 17.3. The molecule has 0 aliphatic carbocycles. The molecular weight excluding hydrogens is 374 g/mol. The van der Waals surface area contributed by atoms with Crippen molar-refractivity contribution in [3.8, 4) is 6.07 Å². The van der Waals surface area contributed by atoms with Gasteiger partial charge in [0.25, 0.3) is 0 Å². The molecule has 0 aromatic heterocycles. The van der Waals surface area contributed by atoms with Gasteiger partial charge in [0.2, 0.25) is 5.91 Å². The molecule has 6 heteroatoms. The predicted octanol–water partition coefficient (Wildman–Crippen LogP) is 3.77. The Morgan fingerprint density at radius 3 is 2.90 bits per heavy atom. The summed E-state index contributed by atoms with van der Waals surface area (Å²) in [6.45, 7) is 2.94. The van der Waals surface area contributed by atoms with E-state index in [1.807, 2.05) is 18.2 Å². The highest BCUT2D eigenvalue weighted by Crippen LogP contribution is 2.42. The number of fused-ring (bicyclic) bond motifs is 2. The summed E-state index contributed by atoms with van der Waals surface area (Å²) >= 11 is 0. The van der Waals surface area contributed by atoms with Gasteiger partial charge in [-0.2, -0.15) is 5.26 Å². The lowest BCUT2D eigenvalue weighted by Gasteiger charge is -2.25. The lowest BCUT2D eigenvalue weighted by atomic mass is 9.96. The number of rotatable bonds is 3. The number of aliphatic imine (C=N–C) groups is 1. The lowest BCUT2D eigenvalue weighted by Crippen LogP contribution is -2.16. The van der Waals surface area contributed by atoms with Gasteiger partial charge in [0.15, 0.2) is 0 Å². The number of nitrogens with zero attached hydrogens (tertiary/aromatic N) is 3. The van der Waals surface area contributed by atoms with Crippen LogP contribution in [0, 0.1) is 17.2 Å². The number of amides is 1. The van der Waals surface area contributed by atoms with Crippen molar-refractivity contribution in [3.05, 3.63) is 58.8 Å². The van der Waals surface area contributed by atoms with Gasteiger partial charge in [0, 0.05) is 60.6 Å². The van der Waals surface area contributed by atoms with E-state index in [0.29, 0.717) is 12.0 Å². The fraction of sp³-hybridized carbons (Fsp3) is 0.292. The molecule has 0 saturated carbocycles. The first kappa shape index (κ1) is 19.7. The van der Waals surface area contributed by atoms with Crippen LogP contribution in [-0.4, -0.2) is 25.7 Å². The van der Waals surface area contributed by atoms with E-state index in [1.165, 1.54) is 11.8 Å². The van der Waals surface area contributed by atoms with E-state index in [-0.39, 0.29) is 11.8 Å². The van der Waals surface area contributed by atoms with Crippen molar-refractivity contribution in [1.82, 2.24) is 0 Å². The first-order valence-electron chi connectivity index (χ1n) is 10.2. The second-order valence-electron chi connectivity index (χ2n) is 7.91. The second kappa shape index (κ2) is 8.03. The predicted molar refractivity (Wildman–Crippen MR) is 121 cm³/mol. The standard InChI is InChI=1S/C24H25N5O/c1-15-8-20-21(28-24(30)9-15)4-3-5-22(20)29-7-6-16-10-19(18(13-26)14-27-2)17(12-25)11-23(16)29/h3-5,10-11,13-15H,6-9,26H2,1-2H3,(H,28,30)/t15-/m0/s1. The van der Waals surface area contributed by atoms with Crippen LogP contribution in [0.1, 0.15) is 35.6 Å². The van der Waals surface area contributed by atoms with Gasteiger partial charge in [0.05, 0.1) is 11.6 Å². The van der Waals surface area contributed by atoms with Crippen molar-refractivity contribution in [1.29, 1.82) is 5.26 Å². The third-order valence-corrected chi connectivity index (χ3v) is 5.80. The lowest BCUT2D eigenvalue weighted by molar-refractivity contribution is -0.116. The largest absolute Gasteiger partial charge is 0.404 e. The van der Waals surface area contributed by atoms with Gasteiger partial charge in [-0.1, -0.05) is 13.0 Å². The molecule has 2 aromatic rings. The van der Waals surface area contributed by atoms with Gasteiger partial charge < -0.3 is 16.0 Å². The summed E-state index contributed by atoms with van der Waals surface area (Å²) in [6.07, 6.45) is 5.41. The SMILES string of the molecule is CN=CC(=CN)c1cc2c(cc1C#N)N(c1cccc3c1C[C@H](C)CC(=O)N3)CC2. The molecule has 0 fully saturated rings. The molecule has 2 aliphatic rings. The van der Waals surface area contributed by atoms with E-state index in [0.717, 1.165) is 53.1 Å². The molecule has 1 atom stereocenters. The van der Waals surface area contributed by atoms with Crippen molar-refractivity contribution >= 4 is 34.8 Å². The average molecular weight is 399 g/mol. The van der Waals surface area contributed by atoms with Crippen LogP contribution in [0.3, 0.4) is 0 Å². The van der Waals surface area contributed by atoms with Gasteiger partial charge in [-0.05, 0) is 54.2 Å². The van der Waals surface area contributed by atoms with E-state index in [1.54, 1.807) is 13.3 Å². The van der Waals surface area contributed by atoms with Crippen molar-refractivity contribution in [2.75, 3.05) is 23.8 Å². The Hall–Kier alpha value is -3.59. The zero-order valence-electron chi connectivity index (χ0n) is 17.3. The molecule has 30 heavy (non-hydrogen) atoms. The molecule has 0 unspecified atom stereocenters. The summed E-state index contributed by atoms with van der Waals surface area (Å²) < 4.78 is 0. The maximum atomic E-state index is 12.2. The Labute approximate surface area is 176 Å². The van der Waals surface area contributed by atoms with Gasteiger partial charge >= 0.3 is 0 Å². The van der Waals surface area contributed by atoms with Crippen molar-refractivity contribution in [3.63, 3.8) is 0 Å². The first-order chi connectivity index (χ1) is 14.5. The number of hydrogen-bond donors (Lipinski definition) is 2. The minimum atomic E-state index is 0.0651. The third-order valence-electron chi connectivity index (χ3n) is 5.80. The van der Waals surface area contributed by atoms with E-state index in [9.17, 15) is 10.1 Å². The van der Waals surface area contributed by atoms with E-state index >= 15 is 0 Å². The molecule has 1 amide bonds. The number of hydrogen-bond acceptors (Lipinski definition) is 5. The fourth-order valence-corrected chi connectivity index (χ4v) is 4.46. The summed E-state index contributed by atoms with van der Waals surface area (Å²) in [6, 6.07) is 12.4. The van der Waals surface area contributed by atoms with E-state index < -0.39 is 0 Å². The van der Waals surface area contributed by atoms with E-state index in [2.05, 4.69) is 40.3 Å². The molecule has 2 aromatic carbocycles. The number of nitriles is 1. The minimum absolute atomic E-state index is 0.0651. The van der Waals surface area contributed by atoms with Gasteiger partial charge in [-0.3, -0.25) is 9.79 Å². The van der Waals surface area contributed by atoms with Crippen LogP contribution in [0.5, 0.6) is 0 Å². The summed E-state index contributed by atoms with van der Waals surface area (Å²) in [5.74, 6) is 0.340. The van der Waals surface area contributed by atoms with E-state index in [4.69, 9.17) is 5.73 Å². The van der Waals surface area contributed by atoms with Crippen LogP contribution in [0.15, 0.2) is 41.5 Å². The highest BCUT2D eigenvalue weighted by molar-refractivity contribution is 6.10. The zero-order chi connectivity index (χ0) is 21.3. The molecule has 152 valence electrons. The second-order valence-corrected chi connectivity index (χ2v) is 7.91. The highest BCUT2D eigenvalue weighted by atomic mass is 16.1. The van der Waals surface area contributed by atoms with Gasteiger partial charge in [-0.15, -0.1) is 0 Å². The van der Waals surface area contributed by atoms with Crippen LogP contribution in [0.2, 0.25) is 0 Å². The number of allylic oxidation sites excluding steroid dienone is 1. The topological polar surface area (TPSA) is 94.5 Å². The molecule has 2 aliphatic heterocycles. The fourth-order valence-electron chi connectivity index (χ4n) is 4.46. The number of anilines is 3. The highest BCUT2D eigenvalue weighted by Gasteiger charge is 2.28. The Kier molecular flexibility index (Phi) is 5.28. The van der Waals surface area contributed by atoms with Gasteiger partial charge in [0.1, 0.15) is 0 Å². The minimum Gasteiger partial charge on any atom is -0.404 e. The average Bonchev–Trinajstić information content (AvgIpc) is 3.07. The number of nitrogens with one attached hydrogen (secondary N) is 1. The maximum Gasteiger partial charge on any atom is 0.224 e. The number of nitrogens with two attached hydrogens (primary N) is 1. The Morgan fingerprint density at radius 1 is 1.33 bits per heavy atom. The molecule has 0 bridgehead atoms. The monoisotopic (exact) mass is 399 g/mol. The third kappa shape index (κ3) is 3.43. The number of carbonyl (C=O) groups is 1. The number of carbonyl (C=O) groups excluding carboxylic acids is 1. The Balaban J connectivity index is 1.81. The van der Waals surface area contributed by atoms with Crippen molar-refractivity contribution < 1.29 is 4.79 Å². The summed E-state index contributed by atoms with van der Waals surface area (Å²) in [7, 11) is 1.69. The molecule has 4 rings (SSSR count). The Bertz CT molecular complexity index is 1110. The van der Waals surface area contributed by atoms with Crippen molar-refractivity contribution in [2.45, 2.75) is 26.2 Å². The Morgan fingerprint density at radius 2 is 2.17 bits per heavy atom. The normalized spacial score (nSPS) is 18.6. The molecule has 0 radical (unpaired) electrons. The molecule has 0 saturated heterocycles. The summed E-state index contributed by atoms with van der Waals surface area (Å²) in [5, 5.41) is 12.8. The number of benzene rings is 2. The molecule has 3 N–H and O–H groups in total. The van der Waals surface area contributed by atoms with Gasteiger partial charge in [-0.25, -0.2) is 0 Å². The summed E-state index contributed by atoms with van der Waals surface area (Å²) in [4.78, 5) is 18.5. The maximum absolute atomic E-state index is 12.2. The molecule has 6 nitrogen and oxygen atoms in total. The van der Waals surface area contributed by atoms with Crippen LogP contribution < -0.4 is 16.0 Å². The van der Waals surface area contributed by atoms with Crippen molar-refractivity contribution in [2.24, 2.45) is 16.6 Å². The first-order valence-corrected chi connectivity index (χ1v) is 10.2. The molecule has 2 heterocycles. The quantitative estimate of drug-likeness (QED) is 0.768. The molecular formula is C24H25N5O. The molecule has 0 spiro atoms. The van der Waals surface area contributed by atoms with Crippen LogP contribution in [-0.2, 0) is 17.6 Å². The smallest absolute Gasteiger partial charge is 0.224 e. The van der Waals surface area contributed by atoms with Crippen LogP contribution >= 0.6 is 0 Å². The van der Waals surface area contributed by atoms with Crippen LogP contribution in [0.25, 0.3) is 5.57 Å². The summed E-state index contributed by atoms with van der Waals surface area (Å²) in [5.41, 5.74) is 13.3. The van der Waals surface area contributed by atoms with Crippen LogP contribution in [0.4, 0.5) is 17.1 Å².